The number of aromatic nitrogens is 3. The molecule has 0 aliphatic carbocycles. The number of pyridine rings is 1. The fourth-order valence-electron chi connectivity index (χ4n) is 2.85. The van der Waals surface area contributed by atoms with Crippen LogP contribution in [-0.4, -0.2) is 34.2 Å². The van der Waals surface area contributed by atoms with Gasteiger partial charge in [0.05, 0.1) is 24.7 Å². The number of carbonyl (C=O) groups excluding carboxylic acids is 1. The van der Waals surface area contributed by atoms with Gasteiger partial charge in [-0.2, -0.15) is 0 Å². The topological polar surface area (TPSA) is 121 Å². The summed E-state index contributed by atoms with van der Waals surface area (Å²) >= 11 is 0. The first-order valence-electron chi connectivity index (χ1n) is 9.18. The van der Waals surface area contributed by atoms with E-state index in [9.17, 15) is 9.59 Å². The number of benzene rings is 1. The molecule has 2 aromatic heterocycles. The Kier molecular flexibility index (Phi) is 5.96. The van der Waals surface area contributed by atoms with Gasteiger partial charge in [-0.1, -0.05) is 13.3 Å². The van der Waals surface area contributed by atoms with Crippen molar-refractivity contribution in [3.05, 3.63) is 46.5 Å². The first kappa shape index (κ1) is 20.1. The van der Waals surface area contributed by atoms with Crippen molar-refractivity contribution in [2.45, 2.75) is 19.8 Å². The molecule has 29 heavy (non-hydrogen) atoms. The van der Waals surface area contributed by atoms with Gasteiger partial charge in [0.25, 0.3) is 11.5 Å². The largest absolute Gasteiger partial charge is 0.492 e. The van der Waals surface area contributed by atoms with Crippen molar-refractivity contribution >= 4 is 28.4 Å². The van der Waals surface area contributed by atoms with Crippen molar-refractivity contribution in [2.24, 2.45) is 7.05 Å². The summed E-state index contributed by atoms with van der Waals surface area (Å²) in [5, 5.41) is 3.72. The van der Waals surface area contributed by atoms with E-state index < -0.39 is 5.91 Å². The summed E-state index contributed by atoms with van der Waals surface area (Å²) in [6.45, 7) is 2.62. The third-order valence-electron chi connectivity index (χ3n) is 4.47. The minimum atomic E-state index is -0.464. The van der Waals surface area contributed by atoms with E-state index >= 15 is 0 Å². The number of carbonyl (C=O) groups is 1. The maximum atomic E-state index is 12.8. The number of ether oxygens (including phenoxy) is 2. The van der Waals surface area contributed by atoms with Gasteiger partial charge >= 0.3 is 0 Å². The summed E-state index contributed by atoms with van der Waals surface area (Å²) < 4.78 is 12.7. The Morgan fingerprint density at radius 2 is 1.97 bits per heavy atom. The molecule has 152 valence electrons. The van der Waals surface area contributed by atoms with Gasteiger partial charge in [-0.05, 0) is 24.6 Å². The molecule has 0 atom stereocenters. The lowest BCUT2D eigenvalue weighted by Crippen LogP contribution is -2.24. The number of nitrogens with two attached hydrogens (primary N) is 1. The molecule has 0 bridgehead atoms. The van der Waals surface area contributed by atoms with Crippen LogP contribution < -0.4 is 26.1 Å². The van der Waals surface area contributed by atoms with Crippen LogP contribution in [0.2, 0.25) is 0 Å². The van der Waals surface area contributed by atoms with Gasteiger partial charge < -0.3 is 20.5 Å². The summed E-state index contributed by atoms with van der Waals surface area (Å²) in [4.78, 5) is 33.0. The van der Waals surface area contributed by atoms with Gasteiger partial charge in [0, 0.05) is 24.8 Å². The molecule has 3 rings (SSSR count). The van der Waals surface area contributed by atoms with E-state index in [-0.39, 0.29) is 17.1 Å². The molecule has 9 heteroatoms. The van der Waals surface area contributed by atoms with Crippen LogP contribution in [0.3, 0.4) is 0 Å². The van der Waals surface area contributed by atoms with Crippen LogP contribution in [0.1, 0.15) is 30.1 Å². The highest BCUT2D eigenvalue weighted by molar-refractivity contribution is 6.04. The van der Waals surface area contributed by atoms with Gasteiger partial charge in [-0.15, -0.1) is 0 Å². The van der Waals surface area contributed by atoms with Gasteiger partial charge in [-0.3, -0.25) is 14.2 Å². The molecule has 0 radical (unpaired) electrons. The SMILES string of the molecule is CCCCOc1ccc2c(=O)n(C)c(NC(=O)c3cnc(N)nc3)cc2c1OC. The average molecular weight is 397 g/mol. The number of amides is 1. The molecule has 2 heterocycles. The second-order valence-electron chi connectivity index (χ2n) is 6.44. The first-order valence-corrected chi connectivity index (χ1v) is 9.18. The summed E-state index contributed by atoms with van der Waals surface area (Å²) in [6, 6.07) is 5.10. The third kappa shape index (κ3) is 4.13. The minimum absolute atomic E-state index is 0.0694. The summed E-state index contributed by atoms with van der Waals surface area (Å²) in [5.74, 6) is 0.899. The molecule has 3 N–H and O–H groups in total. The monoisotopic (exact) mass is 397 g/mol. The number of methoxy groups -OCH3 is 1. The average Bonchev–Trinajstić information content (AvgIpc) is 2.72. The standard InChI is InChI=1S/C20H23N5O4/c1-4-5-8-29-15-7-6-13-14(17(15)28-3)9-16(25(2)19(13)27)24-18(26)12-10-22-20(21)23-11-12/h6-7,9-11H,4-5,8H2,1-3H3,(H,24,26)(H2,21,22,23). The molecule has 3 aromatic rings. The van der Waals surface area contributed by atoms with E-state index in [1.807, 2.05) is 0 Å². The molecular formula is C20H23N5O4. The number of rotatable bonds is 7. The fourth-order valence-corrected chi connectivity index (χ4v) is 2.85. The molecule has 1 aromatic carbocycles. The number of hydrogen-bond donors (Lipinski definition) is 2. The number of nitrogens with zero attached hydrogens (tertiary/aromatic N) is 3. The predicted octanol–water partition coefficient (Wildman–Crippen LogP) is 2.35. The first-order chi connectivity index (χ1) is 14.0. The molecule has 0 spiro atoms. The summed E-state index contributed by atoms with van der Waals surface area (Å²) in [5.41, 5.74) is 5.39. The van der Waals surface area contributed by atoms with Gasteiger partial charge in [0.1, 0.15) is 5.82 Å². The quantitative estimate of drug-likeness (QED) is 0.587. The van der Waals surface area contributed by atoms with Crippen molar-refractivity contribution in [2.75, 3.05) is 24.8 Å². The second-order valence-corrected chi connectivity index (χ2v) is 6.44. The summed E-state index contributed by atoms with van der Waals surface area (Å²) in [7, 11) is 3.10. The zero-order valence-electron chi connectivity index (χ0n) is 16.6. The second kappa shape index (κ2) is 8.59. The van der Waals surface area contributed by atoms with Crippen LogP contribution in [0.15, 0.2) is 35.4 Å². The van der Waals surface area contributed by atoms with Crippen molar-refractivity contribution < 1.29 is 14.3 Å². The van der Waals surface area contributed by atoms with Crippen molar-refractivity contribution in [1.82, 2.24) is 14.5 Å². The van der Waals surface area contributed by atoms with E-state index in [1.54, 1.807) is 25.2 Å². The molecule has 9 nitrogen and oxygen atoms in total. The highest BCUT2D eigenvalue weighted by Crippen LogP contribution is 2.35. The van der Waals surface area contributed by atoms with E-state index in [1.165, 1.54) is 24.1 Å². The van der Waals surface area contributed by atoms with E-state index in [0.29, 0.717) is 34.7 Å². The van der Waals surface area contributed by atoms with E-state index in [0.717, 1.165) is 12.8 Å². The number of hydrogen-bond acceptors (Lipinski definition) is 7. The Balaban J connectivity index is 2.03. The molecule has 0 unspecified atom stereocenters. The third-order valence-corrected chi connectivity index (χ3v) is 4.47. The van der Waals surface area contributed by atoms with Crippen LogP contribution in [-0.2, 0) is 7.05 Å². The Morgan fingerprint density at radius 3 is 2.62 bits per heavy atom. The number of nitrogens with one attached hydrogen (secondary N) is 1. The highest BCUT2D eigenvalue weighted by atomic mass is 16.5. The summed E-state index contributed by atoms with van der Waals surface area (Å²) in [6.07, 6.45) is 4.54. The molecule has 0 aliphatic rings. The van der Waals surface area contributed by atoms with Crippen LogP contribution in [0, 0.1) is 0 Å². The molecule has 0 saturated heterocycles. The lowest BCUT2D eigenvalue weighted by atomic mass is 10.1. The van der Waals surface area contributed by atoms with Crippen molar-refractivity contribution in [3.63, 3.8) is 0 Å². The van der Waals surface area contributed by atoms with E-state index in [2.05, 4.69) is 22.2 Å². The molecular weight excluding hydrogens is 374 g/mol. The highest BCUT2D eigenvalue weighted by Gasteiger charge is 2.17. The van der Waals surface area contributed by atoms with E-state index in [4.69, 9.17) is 15.2 Å². The Labute approximate surface area is 167 Å². The van der Waals surface area contributed by atoms with Crippen LogP contribution in [0.5, 0.6) is 11.5 Å². The fraction of sp³-hybridized carbons (Fsp3) is 0.300. The molecule has 0 fully saturated rings. The normalized spacial score (nSPS) is 10.7. The van der Waals surface area contributed by atoms with Crippen LogP contribution >= 0.6 is 0 Å². The number of anilines is 2. The number of fused-ring (bicyclic) bond motifs is 1. The Hall–Kier alpha value is -3.62. The maximum absolute atomic E-state index is 12.8. The minimum Gasteiger partial charge on any atom is -0.492 e. The van der Waals surface area contributed by atoms with Crippen LogP contribution in [0.25, 0.3) is 10.8 Å². The molecule has 1 amide bonds. The lowest BCUT2D eigenvalue weighted by molar-refractivity contribution is 0.102. The van der Waals surface area contributed by atoms with Crippen molar-refractivity contribution in [1.29, 1.82) is 0 Å². The van der Waals surface area contributed by atoms with Gasteiger partial charge in [0.2, 0.25) is 5.95 Å². The van der Waals surface area contributed by atoms with Crippen LogP contribution in [0.4, 0.5) is 11.8 Å². The maximum Gasteiger partial charge on any atom is 0.259 e. The Morgan fingerprint density at radius 1 is 1.24 bits per heavy atom. The Bertz CT molecular complexity index is 1090. The van der Waals surface area contributed by atoms with Crippen molar-refractivity contribution in [3.8, 4) is 11.5 Å². The van der Waals surface area contributed by atoms with Gasteiger partial charge in [0.15, 0.2) is 11.5 Å². The smallest absolute Gasteiger partial charge is 0.259 e. The lowest BCUT2D eigenvalue weighted by Gasteiger charge is -2.16. The number of nitrogen functional groups attached to an aromatic ring is 1. The molecule has 0 aliphatic heterocycles. The zero-order chi connectivity index (χ0) is 21.0. The number of unbranched alkanes of at least 4 members (excludes halogenated alkanes) is 1. The van der Waals surface area contributed by atoms with Gasteiger partial charge in [-0.25, -0.2) is 9.97 Å². The molecule has 0 saturated carbocycles. The predicted molar refractivity (Wildman–Crippen MR) is 111 cm³/mol. The zero-order valence-corrected chi connectivity index (χ0v) is 16.6.